The monoisotopic (exact) mass is 330 g/mol. The maximum absolute atomic E-state index is 12.5. The number of urea groups is 1. The standard InChI is InChI=1S/C18H19ClN2O2/c1-13-7-8-15(11-16(13)19)20-18(22)21-9-10-23-17(12-21)14-5-3-2-4-6-14/h2-8,11,17H,9-10,12H2,1H3,(H,20,22). The van der Waals surface area contributed by atoms with E-state index in [0.717, 1.165) is 11.1 Å². The van der Waals surface area contributed by atoms with Crippen molar-refractivity contribution < 1.29 is 9.53 Å². The molecule has 1 atom stereocenters. The molecule has 0 aromatic heterocycles. The molecular weight excluding hydrogens is 312 g/mol. The zero-order valence-electron chi connectivity index (χ0n) is 13.0. The van der Waals surface area contributed by atoms with Crippen molar-refractivity contribution in [3.05, 3.63) is 64.7 Å². The van der Waals surface area contributed by atoms with Gasteiger partial charge in [0.2, 0.25) is 0 Å². The van der Waals surface area contributed by atoms with Gasteiger partial charge >= 0.3 is 6.03 Å². The second-order valence-corrected chi connectivity index (χ2v) is 6.02. The summed E-state index contributed by atoms with van der Waals surface area (Å²) in [6, 6.07) is 15.4. The molecule has 1 aliphatic heterocycles. The van der Waals surface area contributed by atoms with Crippen LogP contribution in [-0.2, 0) is 4.74 Å². The van der Waals surface area contributed by atoms with Crippen LogP contribution in [0.4, 0.5) is 10.5 Å². The van der Waals surface area contributed by atoms with Crippen molar-refractivity contribution in [3.8, 4) is 0 Å². The van der Waals surface area contributed by atoms with Gasteiger partial charge in [-0.05, 0) is 30.2 Å². The number of hydrogen-bond donors (Lipinski definition) is 1. The molecule has 3 rings (SSSR count). The third-order valence-corrected chi connectivity index (χ3v) is 4.36. The Morgan fingerprint density at radius 3 is 2.78 bits per heavy atom. The number of amides is 2. The highest BCUT2D eigenvalue weighted by Crippen LogP contribution is 2.23. The van der Waals surface area contributed by atoms with Gasteiger partial charge in [0.05, 0.1) is 13.2 Å². The maximum atomic E-state index is 12.5. The molecular formula is C18H19ClN2O2. The average Bonchev–Trinajstić information content (AvgIpc) is 2.59. The van der Waals surface area contributed by atoms with Crippen LogP contribution in [0, 0.1) is 6.92 Å². The molecule has 0 radical (unpaired) electrons. The van der Waals surface area contributed by atoms with E-state index in [-0.39, 0.29) is 12.1 Å². The molecule has 1 unspecified atom stereocenters. The van der Waals surface area contributed by atoms with Gasteiger partial charge in [-0.1, -0.05) is 48.0 Å². The fraction of sp³-hybridized carbons (Fsp3) is 0.278. The third kappa shape index (κ3) is 3.84. The topological polar surface area (TPSA) is 41.6 Å². The molecule has 2 aromatic rings. The van der Waals surface area contributed by atoms with Crippen molar-refractivity contribution in [1.29, 1.82) is 0 Å². The highest BCUT2D eigenvalue weighted by molar-refractivity contribution is 6.31. The Bertz CT molecular complexity index is 691. The summed E-state index contributed by atoms with van der Waals surface area (Å²) in [5, 5.41) is 3.54. The minimum atomic E-state index is -0.130. The highest BCUT2D eigenvalue weighted by atomic mass is 35.5. The highest BCUT2D eigenvalue weighted by Gasteiger charge is 2.25. The number of halogens is 1. The van der Waals surface area contributed by atoms with Gasteiger partial charge < -0.3 is 15.0 Å². The number of benzene rings is 2. The molecule has 5 heteroatoms. The molecule has 0 saturated carbocycles. The first-order chi connectivity index (χ1) is 11.1. The van der Waals surface area contributed by atoms with Crippen LogP contribution in [0.3, 0.4) is 0 Å². The van der Waals surface area contributed by atoms with E-state index in [1.807, 2.05) is 49.4 Å². The summed E-state index contributed by atoms with van der Waals surface area (Å²) < 4.78 is 5.79. The Morgan fingerprint density at radius 1 is 1.26 bits per heavy atom. The molecule has 4 nitrogen and oxygen atoms in total. The minimum absolute atomic E-state index is 0.0858. The largest absolute Gasteiger partial charge is 0.370 e. The van der Waals surface area contributed by atoms with Crippen molar-refractivity contribution in [2.24, 2.45) is 0 Å². The van der Waals surface area contributed by atoms with Gasteiger partial charge in [0.1, 0.15) is 6.10 Å². The molecule has 1 N–H and O–H groups in total. The first kappa shape index (κ1) is 15.8. The van der Waals surface area contributed by atoms with E-state index in [0.29, 0.717) is 30.4 Å². The van der Waals surface area contributed by atoms with Gasteiger partial charge in [0.15, 0.2) is 0 Å². The van der Waals surface area contributed by atoms with Crippen molar-refractivity contribution in [2.45, 2.75) is 13.0 Å². The van der Waals surface area contributed by atoms with Crippen molar-refractivity contribution in [1.82, 2.24) is 4.90 Å². The lowest BCUT2D eigenvalue weighted by Crippen LogP contribution is -2.44. The number of aryl methyl sites for hydroxylation is 1. The second-order valence-electron chi connectivity index (χ2n) is 5.61. The van der Waals surface area contributed by atoms with Crippen LogP contribution in [0.15, 0.2) is 48.5 Å². The number of anilines is 1. The molecule has 1 saturated heterocycles. The number of rotatable bonds is 2. The Morgan fingerprint density at radius 2 is 2.04 bits per heavy atom. The number of nitrogens with one attached hydrogen (secondary N) is 1. The predicted molar refractivity (Wildman–Crippen MR) is 91.9 cm³/mol. The number of carbonyl (C=O) groups is 1. The third-order valence-electron chi connectivity index (χ3n) is 3.95. The van der Waals surface area contributed by atoms with Gasteiger partial charge in [0.25, 0.3) is 0 Å². The van der Waals surface area contributed by atoms with Crippen molar-refractivity contribution in [2.75, 3.05) is 25.0 Å². The lowest BCUT2D eigenvalue weighted by atomic mass is 10.1. The summed E-state index contributed by atoms with van der Waals surface area (Å²) in [7, 11) is 0. The lowest BCUT2D eigenvalue weighted by molar-refractivity contribution is -0.0135. The zero-order valence-corrected chi connectivity index (χ0v) is 13.7. The average molecular weight is 331 g/mol. The van der Waals surface area contributed by atoms with Gasteiger partial charge in [-0.15, -0.1) is 0 Å². The Hall–Kier alpha value is -2.04. The van der Waals surface area contributed by atoms with E-state index in [2.05, 4.69) is 5.32 Å². The Kier molecular flexibility index (Phi) is 4.84. The molecule has 0 spiro atoms. The summed E-state index contributed by atoms with van der Waals surface area (Å²) in [4.78, 5) is 14.2. The van der Waals surface area contributed by atoms with E-state index in [1.165, 1.54) is 0 Å². The second kappa shape index (κ2) is 7.02. The number of hydrogen-bond acceptors (Lipinski definition) is 2. The number of carbonyl (C=O) groups excluding carboxylic acids is 1. The number of nitrogens with zero attached hydrogens (tertiary/aromatic N) is 1. The van der Waals surface area contributed by atoms with E-state index >= 15 is 0 Å². The lowest BCUT2D eigenvalue weighted by Gasteiger charge is -2.33. The maximum Gasteiger partial charge on any atom is 0.322 e. The molecule has 1 aliphatic rings. The molecule has 2 aromatic carbocycles. The normalized spacial score (nSPS) is 17.8. The Labute approximate surface area is 141 Å². The number of ether oxygens (including phenoxy) is 1. The zero-order chi connectivity index (χ0) is 16.2. The molecule has 0 bridgehead atoms. The van der Waals surface area contributed by atoms with Gasteiger partial charge in [0, 0.05) is 17.3 Å². The van der Waals surface area contributed by atoms with Crippen LogP contribution in [-0.4, -0.2) is 30.6 Å². The minimum Gasteiger partial charge on any atom is -0.370 e. The smallest absolute Gasteiger partial charge is 0.322 e. The SMILES string of the molecule is Cc1ccc(NC(=O)N2CCOC(c3ccccc3)C2)cc1Cl. The fourth-order valence-electron chi connectivity index (χ4n) is 2.58. The molecule has 120 valence electrons. The van der Waals surface area contributed by atoms with Gasteiger partial charge in [-0.2, -0.15) is 0 Å². The summed E-state index contributed by atoms with van der Waals surface area (Å²) in [5.74, 6) is 0. The van der Waals surface area contributed by atoms with Crippen LogP contribution in [0.1, 0.15) is 17.2 Å². The van der Waals surface area contributed by atoms with Crippen LogP contribution < -0.4 is 5.32 Å². The summed E-state index contributed by atoms with van der Waals surface area (Å²) in [6.45, 7) is 3.58. The summed E-state index contributed by atoms with van der Waals surface area (Å²) >= 11 is 6.10. The summed E-state index contributed by atoms with van der Waals surface area (Å²) in [5.41, 5.74) is 2.77. The molecule has 1 heterocycles. The van der Waals surface area contributed by atoms with Crippen LogP contribution in [0.5, 0.6) is 0 Å². The first-order valence-corrected chi connectivity index (χ1v) is 8.00. The molecule has 1 fully saturated rings. The molecule has 0 aliphatic carbocycles. The number of morpholine rings is 1. The van der Waals surface area contributed by atoms with Crippen molar-refractivity contribution >= 4 is 23.3 Å². The Balaban J connectivity index is 1.66. The fourth-order valence-corrected chi connectivity index (χ4v) is 2.76. The van der Waals surface area contributed by atoms with Gasteiger partial charge in [-0.25, -0.2) is 4.79 Å². The van der Waals surface area contributed by atoms with Crippen LogP contribution >= 0.6 is 11.6 Å². The van der Waals surface area contributed by atoms with Crippen molar-refractivity contribution in [3.63, 3.8) is 0 Å². The molecule has 23 heavy (non-hydrogen) atoms. The summed E-state index contributed by atoms with van der Waals surface area (Å²) in [6.07, 6.45) is -0.0858. The van der Waals surface area contributed by atoms with Crippen LogP contribution in [0.25, 0.3) is 0 Å². The first-order valence-electron chi connectivity index (χ1n) is 7.62. The van der Waals surface area contributed by atoms with E-state index in [1.54, 1.807) is 11.0 Å². The van der Waals surface area contributed by atoms with E-state index < -0.39 is 0 Å². The van der Waals surface area contributed by atoms with Crippen LogP contribution in [0.2, 0.25) is 5.02 Å². The van der Waals surface area contributed by atoms with Gasteiger partial charge in [-0.3, -0.25) is 0 Å². The predicted octanol–water partition coefficient (Wildman–Crippen LogP) is 4.25. The van der Waals surface area contributed by atoms with E-state index in [4.69, 9.17) is 16.3 Å². The molecule has 2 amide bonds. The quantitative estimate of drug-likeness (QED) is 0.894. The van der Waals surface area contributed by atoms with E-state index in [9.17, 15) is 4.79 Å².